The second-order valence-electron chi connectivity index (χ2n) is 6.05. The van der Waals surface area contributed by atoms with E-state index in [4.69, 9.17) is 16.3 Å². The molecule has 0 radical (unpaired) electrons. The minimum absolute atomic E-state index is 0.0180. The van der Waals surface area contributed by atoms with Crippen LogP contribution >= 0.6 is 11.6 Å². The topological polar surface area (TPSA) is 94.0 Å². The number of ether oxygens (including phenoxy) is 1. The molecule has 1 aliphatic heterocycles. The van der Waals surface area contributed by atoms with Crippen LogP contribution in [0.5, 0.6) is 0 Å². The van der Waals surface area contributed by atoms with Crippen LogP contribution in [0.1, 0.15) is 25.8 Å². The van der Waals surface area contributed by atoms with Crippen molar-refractivity contribution in [3.05, 3.63) is 23.1 Å². The summed E-state index contributed by atoms with van der Waals surface area (Å²) in [5, 5.41) is 9.40. The van der Waals surface area contributed by atoms with Gasteiger partial charge in [-0.15, -0.1) is 0 Å². The second-order valence-corrected chi connectivity index (χ2v) is 6.40. The number of nitrogens with zero attached hydrogens (tertiary/aromatic N) is 4. The summed E-state index contributed by atoms with van der Waals surface area (Å²) in [4.78, 5) is 19.5. The van der Waals surface area contributed by atoms with Crippen molar-refractivity contribution in [1.29, 1.82) is 0 Å². The third-order valence-corrected chi connectivity index (χ3v) is 4.40. The molecule has 0 unspecified atom stereocenters. The van der Waals surface area contributed by atoms with Gasteiger partial charge < -0.3 is 15.4 Å². The number of anilines is 3. The van der Waals surface area contributed by atoms with Gasteiger partial charge in [-0.25, -0.2) is 9.78 Å². The van der Waals surface area contributed by atoms with Crippen molar-refractivity contribution >= 4 is 35.0 Å². The third kappa shape index (κ3) is 3.64. The van der Waals surface area contributed by atoms with Crippen LogP contribution in [0.25, 0.3) is 0 Å². The first-order chi connectivity index (χ1) is 12.6. The molecule has 0 amide bonds. The maximum atomic E-state index is 13.0. The summed E-state index contributed by atoms with van der Waals surface area (Å²) in [6.45, 7) is 3.83. The normalized spacial score (nSPS) is 19.9. The van der Waals surface area contributed by atoms with Gasteiger partial charge in [-0.3, -0.25) is 4.68 Å². The van der Waals surface area contributed by atoms with Crippen molar-refractivity contribution in [2.24, 2.45) is 0 Å². The zero-order valence-corrected chi connectivity index (χ0v) is 15.1. The van der Waals surface area contributed by atoms with E-state index in [-0.39, 0.29) is 35.8 Å². The van der Waals surface area contributed by atoms with Gasteiger partial charge in [0.25, 0.3) is 0 Å². The first kappa shape index (κ1) is 19.2. The average Bonchev–Trinajstić information content (AvgIpc) is 3.11. The molecule has 8 nitrogen and oxygen atoms in total. The average molecular weight is 405 g/mol. The van der Waals surface area contributed by atoms with Crippen molar-refractivity contribution in [1.82, 2.24) is 19.7 Å². The monoisotopic (exact) mass is 404 g/mol. The van der Waals surface area contributed by atoms with E-state index < -0.39 is 23.2 Å². The van der Waals surface area contributed by atoms with E-state index >= 15 is 0 Å². The Morgan fingerprint density at radius 2 is 2.19 bits per heavy atom. The van der Waals surface area contributed by atoms with Gasteiger partial charge in [0, 0.05) is 19.2 Å². The third-order valence-electron chi connectivity index (χ3n) is 4.12. The van der Waals surface area contributed by atoms with E-state index in [0.717, 1.165) is 0 Å². The molecule has 2 aromatic rings. The molecule has 1 aliphatic rings. The Kier molecular flexibility index (Phi) is 4.89. The standard InChI is InChI=1S/C15H16ClF3N6O2/c1-3-20-11-8(15(17,18)19)6-21-13(23-11)22-9-7-25(24-10(9)16)14(2)4-5-27-12(14)26/h6-7H,3-5H2,1-2H3,(H2,20,21,22,23)/t14-/m1/s1. The molecule has 0 spiro atoms. The molecular formula is C15H16ClF3N6O2. The molecule has 0 saturated carbocycles. The molecule has 3 rings (SSSR count). The van der Waals surface area contributed by atoms with Crippen LogP contribution in [0.15, 0.2) is 12.4 Å². The van der Waals surface area contributed by atoms with Crippen molar-refractivity contribution in [3.63, 3.8) is 0 Å². The molecule has 146 valence electrons. The summed E-state index contributed by atoms with van der Waals surface area (Å²) in [6, 6.07) is 0. The Bertz CT molecular complexity index is 872. The van der Waals surface area contributed by atoms with Gasteiger partial charge >= 0.3 is 12.1 Å². The Labute approximate surface area is 157 Å². The number of cyclic esters (lactones) is 1. The number of esters is 1. The molecular weight excluding hydrogens is 389 g/mol. The fourth-order valence-corrected chi connectivity index (χ4v) is 2.75. The Morgan fingerprint density at radius 1 is 1.44 bits per heavy atom. The van der Waals surface area contributed by atoms with Crippen LogP contribution in [-0.4, -0.2) is 38.9 Å². The van der Waals surface area contributed by atoms with Crippen molar-refractivity contribution < 1.29 is 22.7 Å². The molecule has 0 aromatic carbocycles. The van der Waals surface area contributed by atoms with Gasteiger partial charge in [-0.1, -0.05) is 11.6 Å². The van der Waals surface area contributed by atoms with Gasteiger partial charge in [0.05, 0.1) is 18.5 Å². The van der Waals surface area contributed by atoms with Crippen molar-refractivity contribution in [3.8, 4) is 0 Å². The van der Waals surface area contributed by atoms with E-state index in [0.29, 0.717) is 12.6 Å². The summed E-state index contributed by atoms with van der Waals surface area (Å²) in [5.74, 6) is -0.884. The van der Waals surface area contributed by atoms with Gasteiger partial charge in [0.2, 0.25) is 5.95 Å². The molecule has 2 N–H and O–H groups in total. The largest absolute Gasteiger partial charge is 0.464 e. The van der Waals surface area contributed by atoms with E-state index in [1.165, 1.54) is 10.9 Å². The van der Waals surface area contributed by atoms with Crippen LogP contribution in [-0.2, 0) is 21.2 Å². The number of rotatable bonds is 5. The van der Waals surface area contributed by atoms with Gasteiger partial charge in [0.15, 0.2) is 10.7 Å². The minimum Gasteiger partial charge on any atom is -0.464 e. The second kappa shape index (κ2) is 6.87. The van der Waals surface area contributed by atoms with E-state index in [1.807, 2.05) is 0 Å². The number of carbonyl (C=O) groups is 1. The summed E-state index contributed by atoms with van der Waals surface area (Å²) in [5.41, 5.74) is -1.72. The van der Waals surface area contributed by atoms with Crippen LogP contribution in [0.2, 0.25) is 5.15 Å². The highest BCUT2D eigenvalue weighted by molar-refractivity contribution is 6.32. The van der Waals surface area contributed by atoms with Crippen LogP contribution in [0.3, 0.4) is 0 Å². The molecule has 0 aliphatic carbocycles. The highest BCUT2D eigenvalue weighted by Gasteiger charge is 2.43. The number of halogens is 4. The zero-order valence-electron chi connectivity index (χ0n) is 14.4. The summed E-state index contributed by atoms with van der Waals surface area (Å²) in [7, 11) is 0. The van der Waals surface area contributed by atoms with Crippen LogP contribution < -0.4 is 10.6 Å². The Balaban J connectivity index is 1.90. The predicted octanol–water partition coefficient (Wildman–Crippen LogP) is 3.18. The maximum Gasteiger partial charge on any atom is 0.421 e. The fourth-order valence-electron chi connectivity index (χ4n) is 2.57. The lowest BCUT2D eigenvalue weighted by molar-refractivity contribution is -0.145. The number of carbonyl (C=O) groups excluding carboxylic acids is 1. The molecule has 27 heavy (non-hydrogen) atoms. The zero-order chi connectivity index (χ0) is 19.8. The fraction of sp³-hybridized carbons (Fsp3) is 0.467. The molecule has 3 heterocycles. The van der Waals surface area contributed by atoms with Crippen LogP contribution in [0, 0.1) is 0 Å². The van der Waals surface area contributed by atoms with Crippen molar-refractivity contribution in [2.75, 3.05) is 23.8 Å². The summed E-state index contributed by atoms with van der Waals surface area (Å²) >= 11 is 6.09. The molecule has 1 saturated heterocycles. The molecule has 1 atom stereocenters. The molecule has 12 heteroatoms. The van der Waals surface area contributed by atoms with E-state index in [2.05, 4.69) is 25.7 Å². The van der Waals surface area contributed by atoms with Gasteiger partial charge in [0.1, 0.15) is 11.4 Å². The number of hydrogen-bond acceptors (Lipinski definition) is 7. The minimum atomic E-state index is -4.59. The predicted molar refractivity (Wildman–Crippen MR) is 90.9 cm³/mol. The number of alkyl halides is 3. The number of nitrogens with one attached hydrogen (secondary N) is 2. The highest BCUT2D eigenvalue weighted by atomic mass is 35.5. The van der Waals surface area contributed by atoms with Crippen LogP contribution in [0.4, 0.5) is 30.6 Å². The number of hydrogen-bond donors (Lipinski definition) is 2. The van der Waals surface area contributed by atoms with E-state index in [9.17, 15) is 18.0 Å². The Morgan fingerprint density at radius 3 is 2.78 bits per heavy atom. The first-order valence-corrected chi connectivity index (χ1v) is 8.41. The highest BCUT2D eigenvalue weighted by Crippen LogP contribution is 2.35. The van der Waals surface area contributed by atoms with E-state index in [1.54, 1.807) is 13.8 Å². The van der Waals surface area contributed by atoms with Crippen molar-refractivity contribution in [2.45, 2.75) is 32.0 Å². The summed E-state index contributed by atoms with van der Waals surface area (Å²) < 4.78 is 45.4. The SMILES string of the molecule is CCNc1nc(Nc2cn([C@]3(C)CCOC3=O)nc2Cl)ncc1C(F)(F)F. The lowest BCUT2D eigenvalue weighted by Crippen LogP contribution is -2.35. The quantitative estimate of drug-likeness (QED) is 0.739. The first-order valence-electron chi connectivity index (χ1n) is 8.03. The maximum absolute atomic E-state index is 13.0. The van der Waals surface area contributed by atoms with Gasteiger partial charge in [-0.2, -0.15) is 23.3 Å². The Hall–Kier alpha value is -2.56. The molecule has 0 bridgehead atoms. The smallest absolute Gasteiger partial charge is 0.421 e. The van der Waals surface area contributed by atoms with Gasteiger partial charge in [-0.05, 0) is 13.8 Å². The summed E-state index contributed by atoms with van der Waals surface area (Å²) in [6.07, 6.45) is -2.02. The molecule has 2 aromatic heterocycles. The lowest BCUT2D eigenvalue weighted by Gasteiger charge is -2.19. The lowest BCUT2D eigenvalue weighted by atomic mass is 10.0. The number of aromatic nitrogens is 4. The molecule has 1 fully saturated rings.